The smallest absolute Gasteiger partial charge is 0.222 e. The molecule has 1 amide bonds. The topological polar surface area (TPSA) is 48.3 Å². The summed E-state index contributed by atoms with van der Waals surface area (Å²) in [6, 6.07) is 10.8. The fourth-order valence-corrected chi connectivity index (χ4v) is 3.47. The van der Waals surface area contributed by atoms with Crippen molar-refractivity contribution in [3.8, 4) is 12.3 Å². The summed E-state index contributed by atoms with van der Waals surface area (Å²) in [5, 5.41) is 8.22. The summed E-state index contributed by atoms with van der Waals surface area (Å²) in [4.78, 5) is 16.9. The van der Waals surface area contributed by atoms with Gasteiger partial charge in [-0.15, -0.1) is 12.3 Å². The van der Waals surface area contributed by atoms with Crippen LogP contribution in [0, 0.1) is 12.3 Å². The molecule has 2 heterocycles. The molecule has 1 fully saturated rings. The van der Waals surface area contributed by atoms with Crippen LogP contribution in [0.4, 0.5) is 0 Å². The van der Waals surface area contributed by atoms with Crippen LogP contribution in [0.1, 0.15) is 37.7 Å². The number of likely N-dealkylation sites (N-methyl/N-ethyl adjacent to an activating group) is 1. The Balaban J connectivity index is 1.43. The lowest BCUT2D eigenvalue weighted by Crippen LogP contribution is -2.39. The Hall–Kier alpha value is -2.19. The van der Waals surface area contributed by atoms with Gasteiger partial charge in [0.1, 0.15) is 0 Å². The van der Waals surface area contributed by atoms with Gasteiger partial charge in [-0.2, -0.15) is 10.2 Å². The summed E-state index contributed by atoms with van der Waals surface area (Å²) >= 11 is 0. The fourth-order valence-electron chi connectivity index (χ4n) is 3.47. The third kappa shape index (κ3) is 4.67. The van der Waals surface area contributed by atoms with Gasteiger partial charge in [-0.3, -0.25) is 9.69 Å². The van der Waals surface area contributed by atoms with E-state index in [-0.39, 0.29) is 11.6 Å². The van der Waals surface area contributed by atoms with E-state index in [1.807, 2.05) is 18.0 Å². The molecule has 0 spiro atoms. The summed E-state index contributed by atoms with van der Waals surface area (Å²) in [5.41, 5.74) is 0.960. The first-order chi connectivity index (χ1) is 12.1. The molecule has 0 radical (unpaired) electrons. The van der Waals surface area contributed by atoms with Crippen LogP contribution in [0.2, 0.25) is 0 Å². The first-order valence-corrected chi connectivity index (χ1v) is 9.01. The number of terminal acetylenes is 1. The van der Waals surface area contributed by atoms with Gasteiger partial charge >= 0.3 is 0 Å². The maximum atomic E-state index is 12.5. The highest BCUT2D eigenvalue weighted by Gasteiger charge is 2.40. The highest BCUT2D eigenvalue weighted by atomic mass is 16.2. The minimum Gasteiger partial charge on any atom is -0.341 e. The van der Waals surface area contributed by atoms with Crippen molar-refractivity contribution >= 4 is 5.91 Å². The molecule has 5 nitrogen and oxygen atoms in total. The molecule has 0 bridgehead atoms. The van der Waals surface area contributed by atoms with Crippen LogP contribution in [0.3, 0.4) is 0 Å². The Morgan fingerprint density at radius 1 is 1.36 bits per heavy atom. The average molecular weight is 338 g/mol. The lowest BCUT2D eigenvalue weighted by Gasteiger charge is -2.25. The van der Waals surface area contributed by atoms with Crippen LogP contribution in [-0.2, 0) is 11.3 Å². The van der Waals surface area contributed by atoms with Gasteiger partial charge in [-0.05, 0) is 12.0 Å². The molecular weight excluding hydrogens is 312 g/mol. The van der Waals surface area contributed by atoms with E-state index in [9.17, 15) is 4.79 Å². The van der Waals surface area contributed by atoms with Crippen LogP contribution in [-0.4, -0.2) is 47.5 Å². The fraction of sp³-hybridized carbons (Fsp3) is 0.550. The standard InChI is InChI=1S/C20H26N4O/c1-3-4-12-20(21-22-20)13-10-19(25)23(2)18-11-14-24(16-18)15-17-8-6-5-7-9-17/h1,5-9,18H,4,10-16H2,2H3/t18-/m1/s1. The van der Waals surface area contributed by atoms with E-state index >= 15 is 0 Å². The summed E-state index contributed by atoms with van der Waals surface area (Å²) in [6.07, 6.45) is 8.93. The van der Waals surface area contributed by atoms with Crippen LogP contribution in [0.15, 0.2) is 40.6 Å². The maximum Gasteiger partial charge on any atom is 0.222 e. The minimum absolute atomic E-state index is 0.184. The number of amides is 1. The maximum absolute atomic E-state index is 12.5. The van der Waals surface area contributed by atoms with Crippen LogP contribution in [0.25, 0.3) is 0 Å². The molecule has 25 heavy (non-hydrogen) atoms. The lowest BCUT2D eigenvalue weighted by molar-refractivity contribution is -0.132. The average Bonchev–Trinajstić information content (AvgIpc) is 3.27. The van der Waals surface area contributed by atoms with Gasteiger partial charge in [0, 0.05) is 58.4 Å². The SMILES string of the molecule is C#CCCC1(CCC(=O)N(C)[C@@H]2CCN(Cc3ccccc3)C2)N=N1. The number of carbonyl (C=O) groups is 1. The number of hydrogen-bond acceptors (Lipinski definition) is 4. The normalized spacial score (nSPS) is 21.0. The number of benzene rings is 1. The molecule has 3 rings (SSSR count). The van der Waals surface area contributed by atoms with Crippen molar-refractivity contribution < 1.29 is 4.79 Å². The molecule has 0 aromatic heterocycles. The van der Waals surface area contributed by atoms with Gasteiger partial charge in [0.2, 0.25) is 5.91 Å². The molecular formula is C20H26N4O. The monoisotopic (exact) mass is 338 g/mol. The second-order valence-electron chi connectivity index (χ2n) is 7.05. The number of carbonyl (C=O) groups excluding carboxylic acids is 1. The third-order valence-electron chi connectivity index (χ3n) is 5.23. The van der Waals surface area contributed by atoms with Crippen molar-refractivity contribution in [1.82, 2.24) is 9.80 Å². The Morgan fingerprint density at radius 2 is 2.12 bits per heavy atom. The largest absolute Gasteiger partial charge is 0.341 e. The van der Waals surface area contributed by atoms with E-state index in [4.69, 9.17) is 6.42 Å². The zero-order valence-corrected chi connectivity index (χ0v) is 14.9. The lowest BCUT2D eigenvalue weighted by atomic mass is 10.0. The number of hydrogen-bond donors (Lipinski definition) is 0. The van der Waals surface area contributed by atoms with E-state index in [2.05, 4.69) is 45.3 Å². The van der Waals surface area contributed by atoms with Gasteiger partial charge in [0.25, 0.3) is 0 Å². The van der Waals surface area contributed by atoms with Crippen LogP contribution in [0.5, 0.6) is 0 Å². The quantitative estimate of drug-likeness (QED) is 0.684. The zero-order chi connectivity index (χ0) is 17.7. The molecule has 0 N–H and O–H groups in total. The summed E-state index contributed by atoms with van der Waals surface area (Å²) in [5.74, 6) is 2.81. The van der Waals surface area contributed by atoms with Crippen molar-refractivity contribution in [1.29, 1.82) is 0 Å². The Morgan fingerprint density at radius 3 is 2.80 bits per heavy atom. The van der Waals surface area contributed by atoms with Crippen molar-refractivity contribution in [2.75, 3.05) is 20.1 Å². The molecule has 0 unspecified atom stereocenters. The first-order valence-electron chi connectivity index (χ1n) is 9.01. The van der Waals surface area contributed by atoms with Gasteiger partial charge in [-0.1, -0.05) is 30.3 Å². The molecule has 2 aliphatic heterocycles. The molecule has 0 aliphatic carbocycles. The Kier molecular flexibility index (Phi) is 5.50. The van der Waals surface area contributed by atoms with Crippen LogP contribution < -0.4 is 0 Å². The molecule has 1 aromatic carbocycles. The van der Waals surface area contributed by atoms with E-state index in [1.165, 1.54) is 5.56 Å². The van der Waals surface area contributed by atoms with E-state index < -0.39 is 0 Å². The summed E-state index contributed by atoms with van der Waals surface area (Å²) in [7, 11) is 1.92. The minimum atomic E-state index is -0.363. The molecule has 0 saturated carbocycles. The van der Waals surface area contributed by atoms with Gasteiger partial charge in [0.15, 0.2) is 5.66 Å². The number of likely N-dealkylation sites (tertiary alicyclic amines) is 1. The Labute approximate surface area is 150 Å². The predicted molar refractivity (Wildman–Crippen MR) is 97.8 cm³/mol. The second kappa shape index (κ2) is 7.79. The molecule has 5 heteroatoms. The molecule has 1 atom stereocenters. The van der Waals surface area contributed by atoms with E-state index in [0.717, 1.165) is 32.5 Å². The van der Waals surface area contributed by atoms with Gasteiger partial charge < -0.3 is 4.90 Å². The highest BCUT2D eigenvalue weighted by Crippen LogP contribution is 2.37. The highest BCUT2D eigenvalue weighted by molar-refractivity contribution is 5.76. The van der Waals surface area contributed by atoms with Crippen molar-refractivity contribution in [3.63, 3.8) is 0 Å². The van der Waals surface area contributed by atoms with Crippen molar-refractivity contribution in [3.05, 3.63) is 35.9 Å². The van der Waals surface area contributed by atoms with Gasteiger partial charge in [0.05, 0.1) is 0 Å². The number of nitrogens with zero attached hydrogens (tertiary/aromatic N) is 4. The van der Waals surface area contributed by atoms with Crippen LogP contribution >= 0.6 is 0 Å². The summed E-state index contributed by atoms with van der Waals surface area (Å²) < 4.78 is 0. The molecule has 132 valence electrons. The second-order valence-corrected chi connectivity index (χ2v) is 7.05. The molecule has 1 saturated heterocycles. The van der Waals surface area contributed by atoms with Gasteiger partial charge in [-0.25, -0.2) is 0 Å². The van der Waals surface area contributed by atoms with E-state index in [0.29, 0.717) is 25.3 Å². The number of rotatable bonds is 8. The molecule has 2 aliphatic rings. The van der Waals surface area contributed by atoms with E-state index in [1.54, 1.807) is 0 Å². The predicted octanol–water partition coefficient (Wildman–Crippen LogP) is 3.08. The summed E-state index contributed by atoms with van der Waals surface area (Å²) in [6.45, 7) is 2.93. The van der Waals surface area contributed by atoms with Crippen molar-refractivity contribution in [2.24, 2.45) is 10.2 Å². The third-order valence-corrected chi connectivity index (χ3v) is 5.23. The van der Waals surface area contributed by atoms with Crippen molar-refractivity contribution in [2.45, 2.75) is 50.4 Å². The first kappa shape index (κ1) is 17.6. The molecule has 1 aromatic rings. The zero-order valence-electron chi connectivity index (χ0n) is 14.9. The Bertz CT molecular complexity index is 658.